The van der Waals surface area contributed by atoms with E-state index in [1.807, 2.05) is 13.0 Å². The van der Waals surface area contributed by atoms with Crippen LogP contribution < -0.4 is 11.3 Å². The maximum Gasteiger partial charge on any atom is 0.303 e. The van der Waals surface area contributed by atoms with E-state index in [9.17, 15) is 23.2 Å². The molecule has 10 heteroatoms. The molecule has 1 atom stereocenters. The van der Waals surface area contributed by atoms with Gasteiger partial charge in [0.05, 0.1) is 5.69 Å². The zero-order valence-corrected chi connectivity index (χ0v) is 28.2. The molecule has 0 bridgehead atoms. The van der Waals surface area contributed by atoms with Crippen molar-refractivity contribution in [2.45, 2.75) is 109 Å². The Balaban J connectivity index is 1.18. The zero-order chi connectivity index (χ0) is 34.4. The molecule has 5 rings (SSSR count). The van der Waals surface area contributed by atoms with Crippen molar-refractivity contribution in [3.05, 3.63) is 85.8 Å². The van der Waals surface area contributed by atoms with Gasteiger partial charge in [0.25, 0.3) is 5.56 Å². The average Bonchev–Trinajstić information content (AvgIpc) is 3.84. The number of nitrogens with two attached hydrogens (primary N) is 1. The van der Waals surface area contributed by atoms with Crippen molar-refractivity contribution in [2.75, 3.05) is 19.6 Å². The predicted molar refractivity (Wildman–Crippen MR) is 182 cm³/mol. The molecule has 0 spiro atoms. The number of benzene rings is 2. The minimum absolute atomic E-state index is 0.0819. The number of halogens is 2. The fourth-order valence-electron chi connectivity index (χ4n) is 6.89. The molecule has 1 unspecified atom stereocenters. The Labute approximate surface area is 281 Å². The summed E-state index contributed by atoms with van der Waals surface area (Å²) in [6, 6.07) is 7.60. The summed E-state index contributed by atoms with van der Waals surface area (Å²) in [7, 11) is 0. The number of aromatic nitrogens is 2. The lowest BCUT2D eigenvalue weighted by molar-refractivity contribution is -0.137. The predicted octanol–water partition coefficient (Wildman–Crippen LogP) is 6.56. The number of amides is 1. The van der Waals surface area contributed by atoms with Gasteiger partial charge >= 0.3 is 5.97 Å². The van der Waals surface area contributed by atoms with Gasteiger partial charge in [0.15, 0.2) is 0 Å². The van der Waals surface area contributed by atoms with Gasteiger partial charge in [0.2, 0.25) is 5.91 Å². The summed E-state index contributed by atoms with van der Waals surface area (Å²) in [5.41, 5.74) is 11.2. The largest absolute Gasteiger partial charge is 0.481 e. The lowest BCUT2D eigenvalue weighted by atomic mass is 9.89. The maximum absolute atomic E-state index is 14.8. The first kappa shape index (κ1) is 35.4. The number of carboxylic acid groups (broad SMARTS) is 1. The first-order valence-electron chi connectivity index (χ1n) is 17.5. The van der Waals surface area contributed by atoms with Crippen LogP contribution in [0.15, 0.2) is 35.1 Å². The third-order valence-electron chi connectivity index (χ3n) is 9.82. The smallest absolute Gasteiger partial charge is 0.303 e. The van der Waals surface area contributed by atoms with E-state index < -0.39 is 23.7 Å². The number of hydrogen-bond donors (Lipinski definition) is 2. The van der Waals surface area contributed by atoms with Gasteiger partial charge in [0, 0.05) is 24.9 Å². The van der Waals surface area contributed by atoms with Crippen LogP contribution in [0.4, 0.5) is 8.78 Å². The Bertz CT molecular complexity index is 1700. The number of primary amides is 1. The van der Waals surface area contributed by atoms with Crippen LogP contribution in [0.25, 0.3) is 11.1 Å². The Hall–Kier alpha value is -3.92. The normalized spacial score (nSPS) is 15.3. The van der Waals surface area contributed by atoms with Crippen molar-refractivity contribution in [3.63, 3.8) is 0 Å². The molecule has 258 valence electrons. The molecule has 2 aliphatic rings. The van der Waals surface area contributed by atoms with Crippen LogP contribution in [0.5, 0.6) is 0 Å². The second kappa shape index (κ2) is 16.0. The number of hydrogen-bond acceptors (Lipinski definition) is 5. The summed E-state index contributed by atoms with van der Waals surface area (Å²) in [6.07, 6.45) is 9.08. The molecule has 3 N–H and O–H groups in total. The standard InChI is InChI=1S/C38H48F2N4O4/c1-24-20-30(39)22-27(35(24)29-19-25(2)36(40)28(21-29)13-14-34(45)46)9-6-4-3-5-7-10-33(37(41)47)44-38(48)32(26-11-12-26)23-31(42-44)15-18-43-16-8-17-43/h19-23,26,33H,3-18H2,1-2H3,(H2,41,47)(H,45,46). The number of rotatable bonds is 18. The van der Waals surface area contributed by atoms with Crippen LogP contribution in [0.1, 0.15) is 110 Å². The maximum atomic E-state index is 14.8. The van der Waals surface area contributed by atoms with Crippen molar-refractivity contribution >= 4 is 11.9 Å². The number of aliphatic carboxylic acids is 1. The fraction of sp³-hybridized carbons (Fsp3) is 0.526. The lowest BCUT2D eigenvalue weighted by Crippen LogP contribution is -2.40. The highest BCUT2D eigenvalue weighted by atomic mass is 19.1. The first-order chi connectivity index (χ1) is 23.0. The SMILES string of the molecule is Cc1cc(-c2c(C)cc(F)cc2CCCCCCCC(C(N)=O)n2nc(CCN3CCC3)cc(C3CC3)c2=O)cc(CCC(=O)O)c1F. The molecule has 1 saturated carbocycles. The number of aryl methyl sites for hydroxylation is 4. The summed E-state index contributed by atoms with van der Waals surface area (Å²) in [5, 5.41) is 13.7. The highest BCUT2D eigenvalue weighted by molar-refractivity contribution is 5.78. The number of carbonyl (C=O) groups is 2. The zero-order valence-electron chi connectivity index (χ0n) is 28.2. The quantitative estimate of drug-likeness (QED) is 0.149. The fourth-order valence-corrected chi connectivity index (χ4v) is 6.89. The van der Waals surface area contributed by atoms with Gasteiger partial charge in [0.1, 0.15) is 17.7 Å². The molecule has 8 nitrogen and oxygen atoms in total. The van der Waals surface area contributed by atoms with Crippen molar-refractivity contribution in [1.29, 1.82) is 0 Å². The molecule has 48 heavy (non-hydrogen) atoms. The molecule has 1 aliphatic heterocycles. The second-order valence-corrected chi connectivity index (χ2v) is 13.7. The summed E-state index contributed by atoms with van der Waals surface area (Å²) in [4.78, 5) is 39.4. The van der Waals surface area contributed by atoms with E-state index in [1.165, 1.54) is 23.2 Å². The van der Waals surface area contributed by atoms with Crippen LogP contribution in [-0.4, -0.2) is 51.3 Å². The van der Waals surface area contributed by atoms with Gasteiger partial charge in [-0.15, -0.1) is 0 Å². The van der Waals surface area contributed by atoms with Crippen LogP contribution in [0.2, 0.25) is 0 Å². The van der Waals surface area contributed by atoms with E-state index in [0.29, 0.717) is 24.0 Å². The number of carbonyl (C=O) groups excluding carboxylic acids is 1. The molecule has 3 aromatic rings. The van der Waals surface area contributed by atoms with Crippen LogP contribution >= 0.6 is 0 Å². The van der Waals surface area contributed by atoms with Gasteiger partial charge in [-0.25, -0.2) is 13.5 Å². The van der Waals surface area contributed by atoms with Crippen molar-refractivity contribution in [1.82, 2.24) is 14.7 Å². The number of likely N-dealkylation sites (tertiary alicyclic amines) is 1. The second-order valence-electron chi connectivity index (χ2n) is 13.7. The van der Waals surface area contributed by atoms with E-state index in [4.69, 9.17) is 10.8 Å². The summed E-state index contributed by atoms with van der Waals surface area (Å²) in [5.74, 6) is -2.01. The Morgan fingerprint density at radius 2 is 1.67 bits per heavy atom. The van der Waals surface area contributed by atoms with Gasteiger partial charge in [-0.1, -0.05) is 25.7 Å². The van der Waals surface area contributed by atoms with Gasteiger partial charge in [-0.3, -0.25) is 14.4 Å². The highest BCUT2D eigenvalue weighted by Crippen LogP contribution is 2.38. The number of carboxylic acids is 1. The van der Waals surface area contributed by atoms with Crippen molar-refractivity contribution in [3.8, 4) is 11.1 Å². The summed E-state index contributed by atoms with van der Waals surface area (Å²) >= 11 is 0. The van der Waals surface area contributed by atoms with Crippen LogP contribution in [-0.2, 0) is 28.9 Å². The lowest BCUT2D eigenvalue weighted by Gasteiger charge is -2.30. The van der Waals surface area contributed by atoms with E-state index in [-0.39, 0.29) is 30.1 Å². The Kier molecular flexibility index (Phi) is 11.8. The minimum atomic E-state index is -0.989. The van der Waals surface area contributed by atoms with E-state index >= 15 is 0 Å². The molecule has 2 fully saturated rings. The third kappa shape index (κ3) is 8.95. The Morgan fingerprint density at radius 1 is 0.938 bits per heavy atom. The third-order valence-corrected chi connectivity index (χ3v) is 9.82. The molecule has 1 aliphatic carbocycles. The number of unbranched alkanes of at least 4 members (excludes halogenated alkanes) is 4. The molecule has 1 saturated heterocycles. The van der Waals surface area contributed by atoms with E-state index in [0.717, 1.165) is 105 Å². The molecular weight excluding hydrogens is 614 g/mol. The van der Waals surface area contributed by atoms with E-state index in [2.05, 4.69) is 10.00 Å². The summed E-state index contributed by atoms with van der Waals surface area (Å²) < 4.78 is 30.7. The van der Waals surface area contributed by atoms with Gasteiger partial charge in [-0.05, 0) is 142 Å². The van der Waals surface area contributed by atoms with Crippen LogP contribution in [0, 0.1) is 25.5 Å². The molecular formula is C38H48F2N4O4. The van der Waals surface area contributed by atoms with Crippen molar-refractivity contribution < 1.29 is 23.5 Å². The topological polar surface area (TPSA) is 119 Å². The molecule has 0 radical (unpaired) electrons. The van der Waals surface area contributed by atoms with Gasteiger partial charge < -0.3 is 15.7 Å². The van der Waals surface area contributed by atoms with Gasteiger partial charge in [-0.2, -0.15) is 5.10 Å². The molecule has 1 aromatic heterocycles. The average molecular weight is 663 g/mol. The monoisotopic (exact) mass is 662 g/mol. The molecule has 2 aromatic carbocycles. The van der Waals surface area contributed by atoms with Crippen molar-refractivity contribution in [2.24, 2.45) is 5.73 Å². The van der Waals surface area contributed by atoms with Crippen LogP contribution in [0.3, 0.4) is 0 Å². The summed E-state index contributed by atoms with van der Waals surface area (Å²) in [6.45, 7) is 6.57. The minimum Gasteiger partial charge on any atom is -0.481 e. The number of nitrogens with zero attached hydrogens (tertiary/aromatic N) is 3. The first-order valence-corrected chi connectivity index (χ1v) is 17.5. The Morgan fingerprint density at radius 3 is 2.33 bits per heavy atom. The molecule has 2 heterocycles. The highest BCUT2D eigenvalue weighted by Gasteiger charge is 2.30. The molecule has 1 amide bonds. The van der Waals surface area contributed by atoms with E-state index in [1.54, 1.807) is 19.1 Å².